The van der Waals surface area contributed by atoms with Crippen molar-refractivity contribution in [2.45, 2.75) is 12.5 Å². The average Bonchev–Trinajstić information content (AvgIpc) is 3.10. The number of anilines is 1. The highest BCUT2D eigenvalue weighted by Crippen LogP contribution is 2.34. The van der Waals surface area contributed by atoms with Gasteiger partial charge in [-0.1, -0.05) is 11.6 Å². The van der Waals surface area contributed by atoms with Crippen LogP contribution in [0, 0.1) is 0 Å². The summed E-state index contributed by atoms with van der Waals surface area (Å²) in [6.45, 7) is 1.26. The SMILES string of the molecule is O=C(O)NC1CCN(c2ncnc3c2oc2ccc(Cl)cc23)C1. The number of rotatable bonds is 2. The summed E-state index contributed by atoms with van der Waals surface area (Å²) in [4.78, 5) is 21.4. The summed E-state index contributed by atoms with van der Waals surface area (Å²) in [5.74, 6) is 0.678. The zero-order valence-electron chi connectivity index (χ0n) is 12.0. The quantitative estimate of drug-likeness (QED) is 0.749. The fraction of sp³-hybridized carbons (Fsp3) is 0.267. The highest BCUT2D eigenvalue weighted by Gasteiger charge is 2.27. The summed E-state index contributed by atoms with van der Waals surface area (Å²) in [6, 6.07) is 5.28. The van der Waals surface area contributed by atoms with Crippen molar-refractivity contribution in [3.8, 4) is 0 Å². The van der Waals surface area contributed by atoms with Crippen molar-refractivity contribution in [3.63, 3.8) is 0 Å². The first-order valence-electron chi connectivity index (χ1n) is 7.19. The molecule has 3 aromatic rings. The van der Waals surface area contributed by atoms with E-state index in [1.165, 1.54) is 6.33 Å². The third-order valence-electron chi connectivity index (χ3n) is 4.01. The standard InChI is InChI=1S/C15H13ClN4O3/c16-8-1-2-11-10(5-8)12-13(23-11)14(18-7-17-12)20-4-3-9(6-20)19-15(21)22/h1-2,5,7,9,19H,3-4,6H2,(H,21,22). The molecule has 1 unspecified atom stereocenters. The first-order valence-corrected chi connectivity index (χ1v) is 7.57. The van der Waals surface area contributed by atoms with E-state index >= 15 is 0 Å². The molecule has 1 aliphatic rings. The third-order valence-corrected chi connectivity index (χ3v) is 4.24. The van der Waals surface area contributed by atoms with Gasteiger partial charge in [-0.25, -0.2) is 14.8 Å². The number of fused-ring (bicyclic) bond motifs is 3. The fourth-order valence-corrected chi connectivity index (χ4v) is 3.18. The molecule has 1 aliphatic heterocycles. The van der Waals surface area contributed by atoms with Crippen LogP contribution in [-0.4, -0.2) is 40.3 Å². The van der Waals surface area contributed by atoms with Gasteiger partial charge in [-0.15, -0.1) is 0 Å². The second-order valence-electron chi connectivity index (χ2n) is 5.50. The maximum Gasteiger partial charge on any atom is 0.404 e. The van der Waals surface area contributed by atoms with Crippen LogP contribution in [0.3, 0.4) is 0 Å². The van der Waals surface area contributed by atoms with E-state index in [0.717, 1.165) is 11.8 Å². The van der Waals surface area contributed by atoms with Gasteiger partial charge in [0.1, 0.15) is 17.4 Å². The Morgan fingerprint density at radius 1 is 1.43 bits per heavy atom. The lowest BCUT2D eigenvalue weighted by Gasteiger charge is -2.17. The number of benzene rings is 1. The number of halogens is 1. The molecule has 23 heavy (non-hydrogen) atoms. The minimum absolute atomic E-state index is 0.115. The van der Waals surface area contributed by atoms with Crippen molar-refractivity contribution in [1.82, 2.24) is 15.3 Å². The number of furan rings is 1. The van der Waals surface area contributed by atoms with Crippen LogP contribution in [0.5, 0.6) is 0 Å². The minimum atomic E-state index is -1.01. The van der Waals surface area contributed by atoms with Crippen molar-refractivity contribution < 1.29 is 14.3 Å². The molecule has 1 atom stereocenters. The minimum Gasteiger partial charge on any atom is -0.465 e. The van der Waals surface area contributed by atoms with Crippen LogP contribution >= 0.6 is 11.6 Å². The molecule has 0 aliphatic carbocycles. The van der Waals surface area contributed by atoms with E-state index in [2.05, 4.69) is 15.3 Å². The second-order valence-corrected chi connectivity index (χ2v) is 5.94. The van der Waals surface area contributed by atoms with E-state index < -0.39 is 6.09 Å². The van der Waals surface area contributed by atoms with E-state index in [4.69, 9.17) is 21.1 Å². The van der Waals surface area contributed by atoms with Crippen molar-refractivity contribution >= 4 is 45.6 Å². The van der Waals surface area contributed by atoms with Crippen LogP contribution in [0.4, 0.5) is 10.6 Å². The summed E-state index contributed by atoms with van der Waals surface area (Å²) in [5, 5.41) is 12.8. The van der Waals surface area contributed by atoms with Gasteiger partial charge in [0, 0.05) is 23.5 Å². The lowest BCUT2D eigenvalue weighted by atomic mass is 10.2. The van der Waals surface area contributed by atoms with Gasteiger partial charge in [0.05, 0.1) is 6.04 Å². The first kappa shape index (κ1) is 14.1. The largest absolute Gasteiger partial charge is 0.465 e. The molecular weight excluding hydrogens is 320 g/mol. The molecule has 0 radical (unpaired) electrons. The molecular formula is C15H13ClN4O3. The van der Waals surface area contributed by atoms with Crippen LogP contribution in [-0.2, 0) is 0 Å². The van der Waals surface area contributed by atoms with Crippen molar-refractivity contribution in [2.75, 3.05) is 18.0 Å². The van der Waals surface area contributed by atoms with Gasteiger partial charge in [-0.2, -0.15) is 0 Å². The number of carbonyl (C=O) groups is 1. The summed E-state index contributed by atoms with van der Waals surface area (Å²) < 4.78 is 5.91. The van der Waals surface area contributed by atoms with Gasteiger partial charge < -0.3 is 19.7 Å². The van der Waals surface area contributed by atoms with Crippen LogP contribution in [0.25, 0.3) is 22.1 Å². The predicted octanol–water partition coefficient (Wildman–Crippen LogP) is 2.88. The molecule has 1 saturated heterocycles. The molecule has 4 rings (SSSR count). The number of carboxylic acid groups (broad SMARTS) is 1. The maximum atomic E-state index is 10.8. The molecule has 118 valence electrons. The molecule has 1 fully saturated rings. The zero-order chi connectivity index (χ0) is 16.0. The van der Waals surface area contributed by atoms with Crippen molar-refractivity contribution in [1.29, 1.82) is 0 Å². The van der Waals surface area contributed by atoms with Gasteiger partial charge in [-0.3, -0.25) is 0 Å². The Balaban J connectivity index is 1.76. The molecule has 0 spiro atoms. The van der Waals surface area contributed by atoms with Gasteiger partial charge in [-0.05, 0) is 24.6 Å². The number of nitrogens with one attached hydrogen (secondary N) is 1. The van der Waals surface area contributed by atoms with E-state index in [9.17, 15) is 4.79 Å². The number of amides is 1. The Bertz CT molecular complexity index is 910. The van der Waals surface area contributed by atoms with E-state index in [-0.39, 0.29) is 6.04 Å². The summed E-state index contributed by atoms with van der Waals surface area (Å²) in [7, 11) is 0. The lowest BCUT2D eigenvalue weighted by Crippen LogP contribution is -2.36. The number of aromatic nitrogens is 2. The summed E-state index contributed by atoms with van der Waals surface area (Å²) in [6.07, 6.45) is 1.21. The first-order chi connectivity index (χ1) is 11.1. The predicted molar refractivity (Wildman–Crippen MR) is 86.1 cm³/mol. The van der Waals surface area contributed by atoms with E-state index in [1.807, 2.05) is 17.0 Å². The smallest absolute Gasteiger partial charge is 0.404 e. The molecule has 0 saturated carbocycles. The van der Waals surface area contributed by atoms with Crippen molar-refractivity contribution in [2.24, 2.45) is 0 Å². The third kappa shape index (κ3) is 2.43. The Morgan fingerprint density at radius 3 is 3.13 bits per heavy atom. The lowest BCUT2D eigenvalue weighted by molar-refractivity contribution is 0.191. The molecule has 2 N–H and O–H groups in total. The number of nitrogens with zero attached hydrogens (tertiary/aromatic N) is 3. The second kappa shape index (κ2) is 5.27. The molecule has 0 bridgehead atoms. The average molecular weight is 333 g/mol. The molecule has 8 heteroatoms. The Hall–Kier alpha value is -2.54. The number of hydrogen-bond acceptors (Lipinski definition) is 5. The van der Waals surface area contributed by atoms with E-state index in [0.29, 0.717) is 40.6 Å². The van der Waals surface area contributed by atoms with Gasteiger partial charge in [0.15, 0.2) is 11.4 Å². The summed E-state index contributed by atoms with van der Waals surface area (Å²) in [5.41, 5.74) is 2.01. The van der Waals surface area contributed by atoms with Gasteiger partial charge in [0.25, 0.3) is 0 Å². The monoisotopic (exact) mass is 332 g/mol. The Labute approximate surface area is 135 Å². The molecule has 1 aromatic carbocycles. The topological polar surface area (TPSA) is 91.5 Å². The van der Waals surface area contributed by atoms with Gasteiger partial charge in [0.2, 0.25) is 0 Å². The Kier molecular flexibility index (Phi) is 3.23. The van der Waals surface area contributed by atoms with Crippen LogP contribution in [0.2, 0.25) is 5.02 Å². The molecule has 2 aromatic heterocycles. The highest BCUT2D eigenvalue weighted by molar-refractivity contribution is 6.31. The number of hydrogen-bond donors (Lipinski definition) is 2. The van der Waals surface area contributed by atoms with Crippen LogP contribution in [0.15, 0.2) is 28.9 Å². The highest BCUT2D eigenvalue weighted by atomic mass is 35.5. The van der Waals surface area contributed by atoms with Crippen molar-refractivity contribution in [3.05, 3.63) is 29.5 Å². The van der Waals surface area contributed by atoms with Crippen LogP contribution < -0.4 is 10.2 Å². The van der Waals surface area contributed by atoms with E-state index in [1.54, 1.807) is 6.07 Å². The maximum absolute atomic E-state index is 10.8. The van der Waals surface area contributed by atoms with Crippen LogP contribution in [0.1, 0.15) is 6.42 Å². The zero-order valence-corrected chi connectivity index (χ0v) is 12.7. The molecule has 7 nitrogen and oxygen atoms in total. The summed E-state index contributed by atoms with van der Waals surface area (Å²) >= 11 is 6.05. The normalized spacial score (nSPS) is 18.0. The van der Waals surface area contributed by atoms with Gasteiger partial charge >= 0.3 is 6.09 Å². The molecule has 3 heterocycles. The fourth-order valence-electron chi connectivity index (χ4n) is 3.01. The molecule has 1 amide bonds. The Morgan fingerprint density at radius 2 is 2.30 bits per heavy atom.